The van der Waals surface area contributed by atoms with Crippen molar-refractivity contribution in [3.05, 3.63) is 0 Å². The smallest absolute Gasteiger partial charge is 0.303 e. The Morgan fingerprint density at radius 3 is 2.00 bits per heavy atom. The van der Waals surface area contributed by atoms with Gasteiger partial charge in [-0.2, -0.15) is 8.42 Å². The molecule has 0 aliphatic rings. The molecule has 0 saturated carbocycles. The summed E-state index contributed by atoms with van der Waals surface area (Å²) >= 11 is 0. The van der Waals surface area contributed by atoms with Crippen LogP contribution in [0.1, 0.15) is 103 Å². The van der Waals surface area contributed by atoms with Crippen molar-refractivity contribution >= 4 is 16.1 Å². The van der Waals surface area contributed by atoms with Crippen LogP contribution in [-0.2, 0) is 19.1 Å². The highest BCUT2D eigenvalue weighted by molar-refractivity contribution is 7.86. The second-order valence-corrected chi connectivity index (χ2v) is 8.78. The standard InChI is InChI=1S/C21H38O5S/c1-3-4-5-6-7-8-9-10-11-12-13-14-17-20(26-27(2,24)25)18-15-16-19-21(22)23/h20H,3-13,15-16,18-19H2,1-2H3,(H,22,23). The Hall–Kier alpha value is -1.06. The molecular formula is C21H38O5S. The Labute approximate surface area is 166 Å². The summed E-state index contributed by atoms with van der Waals surface area (Å²) in [5.41, 5.74) is 0. The zero-order chi connectivity index (χ0) is 20.4. The van der Waals surface area contributed by atoms with Crippen LogP contribution in [0.2, 0.25) is 0 Å². The molecule has 158 valence electrons. The summed E-state index contributed by atoms with van der Waals surface area (Å²) in [6.45, 7) is 2.23. The van der Waals surface area contributed by atoms with Crippen molar-refractivity contribution in [2.45, 2.75) is 109 Å². The monoisotopic (exact) mass is 402 g/mol. The third-order valence-corrected chi connectivity index (χ3v) is 4.90. The summed E-state index contributed by atoms with van der Waals surface area (Å²) in [7, 11) is -3.56. The zero-order valence-electron chi connectivity index (χ0n) is 17.2. The summed E-state index contributed by atoms with van der Waals surface area (Å²) in [6.07, 6.45) is 15.4. The normalized spacial score (nSPS) is 12.4. The summed E-state index contributed by atoms with van der Waals surface area (Å²) in [4.78, 5) is 10.5. The number of hydrogen-bond acceptors (Lipinski definition) is 4. The fraction of sp³-hybridized carbons (Fsp3) is 0.857. The second kappa shape index (κ2) is 17.1. The molecule has 0 bridgehead atoms. The number of hydrogen-bond donors (Lipinski definition) is 1. The molecule has 0 saturated heterocycles. The quantitative estimate of drug-likeness (QED) is 0.203. The van der Waals surface area contributed by atoms with E-state index in [-0.39, 0.29) is 6.42 Å². The molecule has 0 aromatic rings. The van der Waals surface area contributed by atoms with E-state index in [0.29, 0.717) is 19.3 Å². The molecule has 1 N–H and O–H groups in total. The first-order valence-corrected chi connectivity index (χ1v) is 12.2. The molecule has 0 aromatic carbocycles. The highest BCUT2D eigenvalue weighted by Crippen LogP contribution is 2.12. The van der Waals surface area contributed by atoms with E-state index in [4.69, 9.17) is 9.29 Å². The van der Waals surface area contributed by atoms with Crippen molar-refractivity contribution in [1.29, 1.82) is 0 Å². The Morgan fingerprint density at radius 2 is 1.48 bits per heavy atom. The molecular weight excluding hydrogens is 364 g/mol. The minimum atomic E-state index is -3.56. The third-order valence-electron chi connectivity index (χ3n) is 4.32. The summed E-state index contributed by atoms with van der Waals surface area (Å²) in [6, 6.07) is 0. The molecule has 0 aliphatic carbocycles. The number of aliphatic carboxylic acids is 1. The van der Waals surface area contributed by atoms with Gasteiger partial charge in [0.1, 0.15) is 6.10 Å². The molecule has 0 heterocycles. The van der Waals surface area contributed by atoms with Crippen molar-refractivity contribution < 1.29 is 22.5 Å². The van der Waals surface area contributed by atoms with Gasteiger partial charge in [0.15, 0.2) is 0 Å². The zero-order valence-corrected chi connectivity index (χ0v) is 18.0. The van der Waals surface area contributed by atoms with Crippen LogP contribution >= 0.6 is 0 Å². The molecule has 0 aliphatic heterocycles. The van der Waals surface area contributed by atoms with Crippen molar-refractivity contribution in [2.75, 3.05) is 6.26 Å². The lowest BCUT2D eigenvalue weighted by Crippen LogP contribution is -2.16. The second-order valence-electron chi connectivity index (χ2n) is 7.18. The first kappa shape index (κ1) is 25.9. The highest BCUT2D eigenvalue weighted by Gasteiger charge is 2.13. The number of rotatable bonds is 17. The van der Waals surface area contributed by atoms with E-state index in [1.807, 2.05) is 0 Å². The molecule has 0 amide bonds. The minimum absolute atomic E-state index is 0.0810. The van der Waals surface area contributed by atoms with Gasteiger partial charge in [0, 0.05) is 12.8 Å². The van der Waals surface area contributed by atoms with Crippen LogP contribution in [-0.4, -0.2) is 31.9 Å². The summed E-state index contributed by atoms with van der Waals surface area (Å²) in [5, 5.41) is 8.64. The van der Waals surface area contributed by atoms with Crippen molar-refractivity contribution in [3.63, 3.8) is 0 Å². The Bertz CT molecular complexity index is 531. The maximum absolute atomic E-state index is 11.3. The van der Waals surface area contributed by atoms with Crippen LogP contribution in [0.4, 0.5) is 0 Å². The summed E-state index contributed by atoms with van der Waals surface area (Å²) in [5.74, 6) is 5.08. The van der Waals surface area contributed by atoms with Crippen LogP contribution < -0.4 is 0 Å². The molecule has 0 fully saturated rings. The van der Waals surface area contributed by atoms with Crippen molar-refractivity contribution in [3.8, 4) is 11.8 Å². The molecule has 1 unspecified atom stereocenters. The number of carboxylic acid groups (broad SMARTS) is 1. The predicted molar refractivity (Wildman–Crippen MR) is 110 cm³/mol. The maximum Gasteiger partial charge on any atom is 0.303 e. The SMILES string of the molecule is CCCCCCCCCCCCC#CC(CCCCC(=O)O)OS(C)(=O)=O. The van der Waals surface area contributed by atoms with Gasteiger partial charge in [-0.1, -0.05) is 70.6 Å². The van der Waals surface area contributed by atoms with Gasteiger partial charge in [0.2, 0.25) is 0 Å². The summed E-state index contributed by atoms with van der Waals surface area (Å²) < 4.78 is 27.6. The number of carboxylic acids is 1. The Morgan fingerprint density at radius 1 is 0.926 bits per heavy atom. The van der Waals surface area contributed by atoms with Gasteiger partial charge in [-0.25, -0.2) is 0 Å². The molecule has 27 heavy (non-hydrogen) atoms. The van der Waals surface area contributed by atoms with E-state index in [0.717, 1.165) is 25.5 Å². The first-order valence-electron chi connectivity index (χ1n) is 10.4. The molecule has 0 aromatic heterocycles. The lowest BCUT2D eigenvalue weighted by Gasteiger charge is -2.09. The van der Waals surface area contributed by atoms with Gasteiger partial charge in [0.05, 0.1) is 6.26 Å². The lowest BCUT2D eigenvalue weighted by atomic mass is 10.1. The van der Waals surface area contributed by atoms with Gasteiger partial charge in [-0.05, 0) is 25.7 Å². The van der Waals surface area contributed by atoms with Crippen molar-refractivity contribution in [1.82, 2.24) is 0 Å². The van der Waals surface area contributed by atoms with Crippen LogP contribution in [0.5, 0.6) is 0 Å². The Kier molecular flexibility index (Phi) is 16.4. The van der Waals surface area contributed by atoms with E-state index in [1.54, 1.807) is 0 Å². The fourth-order valence-corrected chi connectivity index (χ4v) is 3.41. The Balaban J connectivity index is 3.89. The van der Waals surface area contributed by atoms with Crippen LogP contribution in [0, 0.1) is 11.8 Å². The molecule has 5 nitrogen and oxygen atoms in total. The highest BCUT2D eigenvalue weighted by atomic mass is 32.2. The van der Waals surface area contributed by atoms with E-state index >= 15 is 0 Å². The van der Waals surface area contributed by atoms with Gasteiger partial charge >= 0.3 is 5.97 Å². The lowest BCUT2D eigenvalue weighted by molar-refractivity contribution is -0.137. The number of unbranched alkanes of at least 4 members (excludes halogenated alkanes) is 11. The van der Waals surface area contributed by atoms with Crippen LogP contribution in [0.15, 0.2) is 0 Å². The maximum atomic E-state index is 11.3. The first-order chi connectivity index (χ1) is 12.8. The van der Waals surface area contributed by atoms with Gasteiger partial charge in [-0.15, -0.1) is 5.92 Å². The van der Waals surface area contributed by atoms with Gasteiger partial charge in [0.25, 0.3) is 10.1 Å². The van der Waals surface area contributed by atoms with E-state index in [9.17, 15) is 13.2 Å². The molecule has 0 radical (unpaired) electrons. The van der Waals surface area contributed by atoms with E-state index in [2.05, 4.69) is 18.8 Å². The molecule has 0 rings (SSSR count). The largest absolute Gasteiger partial charge is 0.481 e. The average Bonchev–Trinajstić information content (AvgIpc) is 2.58. The van der Waals surface area contributed by atoms with E-state index < -0.39 is 22.2 Å². The van der Waals surface area contributed by atoms with Crippen molar-refractivity contribution in [2.24, 2.45) is 0 Å². The number of carbonyl (C=O) groups is 1. The minimum Gasteiger partial charge on any atom is -0.481 e. The topological polar surface area (TPSA) is 80.7 Å². The molecule has 6 heteroatoms. The van der Waals surface area contributed by atoms with Crippen LogP contribution in [0.3, 0.4) is 0 Å². The third kappa shape index (κ3) is 21.1. The van der Waals surface area contributed by atoms with Gasteiger partial charge in [-0.3, -0.25) is 8.98 Å². The van der Waals surface area contributed by atoms with Crippen LogP contribution in [0.25, 0.3) is 0 Å². The van der Waals surface area contributed by atoms with E-state index in [1.165, 1.54) is 51.4 Å². The predicted octanol–water partition coefficient (Wildman–Crippen LogP) is 5.29. The fourth-order valence-electron chi connectivity index (χ4n) is 2.85. The molecule has 1 atom stereocenters. The average molecular weight is 403 g/mol. The van der Waals surface area contributed by atoms with Gasteiger partial charge < -0.3 is 5.11 Å². The molecule has 0 spiro atoms.